The van der Waals surface area contributed by atoms with Crippen molar-refractivity contribution in [2.24, 2.45) is 0 Å². The molecule has 0 aliphatic carbocycles. The molecule has 60 heavy (non-hydrogen) atoms. The van der Waals surface area contributed by atoms with Crippen LogP contribution in [0.5, 0.6) is 11.5 Å². The summed E-state index contributed by atoms with van der Waals surface area (Å²) in [6, 6.07) is 38.2. The number of hydrogen-bond donors (Lipinski definition) is 0. The van der Waals surface area contributed by atoms with Crippen LogP contribution >= 0.6 is 0 Å². The molecule has 0 radical (unpaired) electrons. The molecule has 0 saturated heterocycles. The van der Waals surface area contributed by atoms with E-state index in [1.54, 1.807) is 0 Å². The van der Waals surface area contributed by atoms with Crippen molar-refractivity contribution in [1.29, 1.82) is 0 Å². The second-order valence-electron chi connectivity index (χ2n) is 16.5. The highest BCUT2D eigenvalue weighted by molar-refractivity contribution is 5.73. The molecule has 5 aromatic rings. The Hall–Kier alpha value is -4.96. The lowest BCUT2D eigenvalue weighted by Gasteiger charge is -2.07. The lowest BCUT2D eigenvalue weighted by Crippen LogP contribution is -2.32. The summed E-state index contributed by atoms with van der Waals surface area (Å²) in [6.45, 7) is 3.88. The third kappa shape index (κ3) is 20.8. The molecule has 0 spiro atoms. The van der Waals surface area contributed by atoms with E-state index in [2.05, 4.69) is 167 Å². The molecule has 5 rings (SSSR count). The van der Waals surface area contributed by atoms with Gasteiger partial charge in [-0.2, -0.15) is 0 Å². The monoisotopic (exact) mass is 807 g/mol. The fraction of sp³-hybridized carbons (Fsp3) is 0.429. The van der Waals surface area contributed by atoms with Gasteiger partial charge in [-0.25, -0.2) is 9.13 Å². The van der Waals surface area contributed by atoms with Crippen molar-refractivity contribution < 1.29 is 18.6 Å². The summed E-state index contributed by atoms with van der Waals surface area (Å²) in [6.07, 6.45) is 43.7. The second kappa shape index (κ2) is 30.1. The second-order valence-corrected chi connectivity index (χ2v) is 16.5. The SMILES string of the molecule is C(=C\c1ccc(OCCCCCCCCCCCC[n+]2ccccc2)cc1)/c1ccc(/C=C/c2ccc(OCCCCCCCCCCCC[n+]3ccccc3)cc2)cc1. The van der Waals surface area contributed by atoms with Gasteiger partial charge in [0.2, 0.25) is 0 Å². The highest BCUT2D eigenvalue weighted by Gasteiger charge is 2.01. The zero-order valence-corrected chi connectivity index (χ0v) is 36.7. The molecule has 0 fully saturated rings. The van der Waals surface area contributed by atoms with Crippen LogP contribution in [-0.4, -0.2) is 13.2 Å². The minimum atomic E-state index is 0.798. The molecule has 0 unspecified atom stereocenters. The fourth-order valence-electron chi connectivity index (χ4n) is 7.62. The first-order valence-electron chi connectivity index (χ1n) is 23.6. The Balaban J connectivity index is 0.830. The zero-order valence-electron chi connectivity index (χ0n) is 36.7. The van der Waals surface area contributed by atoms with E-state index in [9.17, 15) is 0 Å². The summed E-state index contributed by atoms with van der Waals surface area (Å²) < 4.78 is 16.6. The van der Waals surface area contributed by atoms with Crippen molar-refractivity contribution >= 4 is 24.3 Å². The lowest BCUT2D eigenvalue weighted by atomic mass is 10.1. The van der Waals surface area contributed by atoms with Crippen molar-refractivity contribution in [3.8, 4) is 11.5 Å². The highest BCUT2D eigenvalue weighted by Crippen LogP contribution is 2.19. The van der Waals surface area contributed by atoms with Crippen LogP contribution in [0, 0.1) is 0 Å². The van der Waals surface area contributed by atoms with E-state index in [1.165, 1.54) is 138 Å². The van der Waals surface area contributed by atoms with Crippen LogP contribution < -0.4 is 18.6 Å². The molecular formula is C56H74N2O2+2. The molecule has 2 heterocycles. The normalized spacial score (nSPS) is 11.5. The lowest BCUT2D eigenvalue weighted by molar-refractivity contribution is -0.697. The van der Waals surface area contributed by atoms with Crippen LogP contribution in [0.3, 0.4) is 0 Å². The third-order valence-corrected chi connectivity index (χ3v) is 11.3. The highest BCUT2D eigenvalue weighted by atomic mass is 16.5. The number of pyridine rings is 2. The summed E-state index contributed by atoms with van der Waals surface area (Å²) in [5.41, 5.74) is 4.73. The molecule has 318 valence electrons. The Labute approximate surface area is 364 Å². The maximum absolute atomic E-state index is 6.03. The largest absolute Gasteiger partial charge is 0.494 e. The Morgan fingerprint density at radius 2 is 0.533 bits per heavy atom. The predicted molar refractivity (Wildman–Crippen MR) is 254 cm³/mol. The van der Waals surface area contributed by atoms with Crippen LogP contribution in [0.25, 0.3) is 24.3 Å². The molecule has 0 atom stereocenters. The topological polar surface area (TPSA) is 26.2 Å². The van der Waals surface area contributed by atoms with Crippen LogP contribution in [0.2, 0.25) is 0 Å². The minimum absolute atomic E-state index is 0.798. The Kier molecular flexibility index (Phi) is 23.2. The van der Waals surface area contributed by atoms with Crippen molar-refractivity contribution in [2.75, 3.05) is 13.2 Å². The maximum atomic E-state index is 6.03. The van der Waals surface area contributed by atoms with Crippen molar-refractivity contribution in [2.45, 2.75) is 142 Å². The standard InChI is InChI=1S/C56H74N2O2/c1(5-9-13-19-43-57-45-21-17-22-46-57)3-7-11-15-25-49-59-55-39-35-53(36-40-55)33-31-51-27-29-52(30-28-51)32-34-54-37-41-56(42-38-54)60-50-26-16-12-8-4-2-6-10-14-20-44-58-47-23-18-24-48-58/h17-18,21-24,27-42,45-48H,1-16,19-20,25-26,43-44,49-50H2/q+2/b33-31+,34-32+. The van der Waals surface area contributed by atoms with E-state index in [4.69, 9.17) is 9.47 Å². The molecule has 0 saturated carbocycles. The quantitative estimate of drug-likeness (QED) is 0.0246. The van der Waals surface area contributed by atoms with Gasteiger partial charge in [0.25, 0.3) is 0 Å². The molecule has 0 amide bonds. The molecule has 0 N–H and O–H groups in total. The summed E-state index contributed by atoms with van der Waals surface area (Å²) in [5, 5.41) is 0. The molecule has 0 aliphatic heterocycles. The molecule has 4 nitrogen and oxygen atoms in total. The van der Waals surface area contributed by atoms with E-state index in [0.717, 1.165) is 50.6 Å². The summed E-state index contributed by atoms with van der Waals surface area (Å²) in [5.74, 6) is 1.91. The summed E-state index contributed by atoms with van der Waals surface area (Å²) in [7, 11) is 0. The Bertz CT molecular complexity index is 1700. The number of ether oxygens (including phenoxy) is 2. The molecule has 4 heteroatoms. The number of unbranched alkanes of at least 4 members (excludes halogenated alkanes) is 18. The number of aromatic nitrogens is 2. The zero-order chi connectivity index (χ0) is 41.4. The van der Waals surface area contributed by atoms with Gasteiger partial charge in [0.15, 0.2) is 24.8 Å². The Morgan fingerprint density at radius 1 is 0.283 bits per heavy atom. The molecular weight excluding hydrogens is 733 g/mol. The van der Waals surface area contributed by atoms with Crippen LogP contribution in [0.4, 0.5) is 0 Å². The van der Waals surface area contributed by atoms with E-state index in [0.29, 0.717) is 0 Å². The molecule has 2 aromatic heterocycles. The van der Waals surface area contributed by atoms with Gasteiger partial charge in [-0.3, -0.25) is 0 Å². The first-order valence-corrected chi connectivity index (χ1v) is 23.6. The maximum Gasteiger partial charge on any atom is 0.168 e. The molecule has 0 bridgehead atoms. The third-order valence-electron chi connectivity index (χ3n) is 11.3. The van der Waals surface area contributed by atoms with Gasteiger partial charge in [-0.05, 0) is 72.2 Å². The van der Waals surface area contributed by atoms with Gasteiger partial charge in [-0.15, -0.1) is 0 Å². The smallest absolute Gasteiger partial charge is 0.168 e. The van der Waals surface area contributed by atoms with Crippen molar-refractivity contribution in [3.05, 3.63) is 156 Å². The number of nitrogens with zero attached hydrogens (tertiary/aromatic N) is 2. The van der Waals surface area contributed by atoms with Gasteiger partial charge in [0, 0.05) is 37.1 Å². The van der Waals surface area contributed by atoms with E-state index < -0.39 is 0 Å². The molecule has 3 aromatic carbocycles. The van der Waals surface area contributed by atoms with Crippen LogP contribution in [0.1, 0.15) is 151 Å². The van der Waals surface area contributed by atoms with Gasteiger partial charge >= 0.3 is 0 Å². The van der Waals surface area contributed by atoms with Gasteiger partial charge in [0.05, 0.1) is 13.2 Å². The van der Waals surface area contributed by atoms with E-state index in [-0.39, 0.29) is 0 Å². The van der Waals surface area contributed by atoms with E-state index >= 15 is 0 Å². The van der Waals surface area contributed by atoms with Crippen molar-refractivity contribution in [1.82, 2.24) is 0 Å². The number of hydrogen-bond acceptors (Lipinski definition) is 2. The van der Waals surface area contributed by atoms with E-state index in [1.807, 2.05) is 0 Å². The van der Waals surface area contributed by atoms with Gasteiger partial charge in [0.1, 0.15) is 24.6 Å². The summed E-state index contributed by atoms with van der Waals surface area (Å²) in [4.78, 5) is 0. The Morgan fingerprint density at radius 3 is 0.833 bits per heavy atom. The van der Waals surface area contributed by atoms with Gasteiger partial charge < -0.3 is 9.47 Å². The first-order chi connectivity index (χ1) is 29.8. The minimum Gasteiger partial charge on any atom is -0.494 e. The number of benzene rings is 3. The molecule has 0 aliphatic rings. The average Bonchev–Trinajstić information content (AvgIpc) is 3.30. The predicted octanol–water partition coefficient (Wildman–Crippen LogP) is 14.6. The van der Waals surface area contributed by atoms with Crippen LogP contribution in [0.15, 0.2) is 134 Å². The number of rotatable bonds is 32. The first kappa shape index (κ1) is 46.1. The van der Waals surface area contributed by atoms with Crippen molar-refractivity contribution in [3.63, 3.8) is 0 Å². The fourth-order valence-corrected chi connectivity index (χ4v) is 7.62. The summed E-state index contributed by atoms with van der Waals surface area (Å²) >= 11 is 0. The number of aryl methyl sites for hydroxylation is 2. The van der Waals surface area contributed by atoms with Crippen LogP contribution in [-0.2, 0) is 13.1 Å². The average molecular weight is 807 g/mol. The van der Waals surface area contributed by atoms with Gasteiger partial charge in [-0.1, -0.05) is 175 Å².